The van der Waals surface area contributed by atoms with Gasteiger partial charge in [-0.15, -0.1) is 0 Å². The molecule has 1 aromatic carbocycles. The Kier molecular flexibility index (Phi) is 4.80. The number of hydrogen-bond acceptors (Lipinski definition) is 3. The second kappa shape index (κ2) is 6.37. The molecule has 0 saturated carbocycles. The zero-order chi connectivity index (χ0) is 13.8. The number of carbonyl (C=O) groups is 1. The zero-order valence-electron chi connectivity index (χ0n) is 11.2. The Balaban J connectivity index is 1.94. The molecule has 5 heteroatoms. The number of carbonyl (C=O) groups excluding carboxylic acids is 1. The minimum absolute atomic E-state index is 0.0406. The van der Waals surface area contributed by atoms with Crippen LogP contribution in [0.3, 0.4) is 0 Å². The third-order valence-corrected chi connectivity index (χ3v) is 3.99. The van der Waals surface area contributed by atoms with Crippen LogP contribution in [-0.2, 0) is 4.79 Å². The topological polar surface area (TPSA) is 49.6 Å². The minimum atomic E-state index is 0.0406. The van der Waals surface area contributed by atoms with Crippen LogP contribution in [0.2, 0.25) is 5.02 Å². The molecule has 0 aromatic heterocycles. The Hall–Kier alpha value is -1.10. The van der Waals surface area contributed by atoms with Crippen molar-refractivity contribution in [3.8, 4) is 0 Å². The van der Waals surface area contributed by atoms with Crippen LogP contribution in [-0.4, -0.2) is 48.4 Å². The fourth-order valence-corrected chi connectivity index (χ4v) is 2.57. The molecule has 2 N–H and O–H groups in total. The average Bonchev–Trinajstić information content (AvgIpc) is 2.46. The van der Waals surface area contributed by atoms with Crippen LogP contribution in [0.15, 0.2) is 24.3 Å². The van der Waals surface area contributed by atoms with Crippen molar-refractivity contribution >= 4 is 17.5 Å². The molecule has 2 rings (SSSR count). The smallest absolute Gasteiger partial charge is 0.236 e. The minimum Gasteiger partial charge on any atom is -0.339 e. The van der Waals surface area contributed by atoms with Gasteiger partial charge in [0, 0.05) is 37.2 Å². The standard InChI is InChI=1S/C14H20ClN3O/c1-11(12-2-4-13(15)5-3-12)17-6-8-18(9-7-17)14(19)10-16/h2-5,11H,6-10,16H2,1H3. The SMILES string of the molecule is CC(c1ccc(Cl)cc1)N1CCN(C(=O)CN)CC1. The fraction of sp³-hybridized carbons (Fsp3) is 0.500. The van der Waals surface area contributed by atoms with E-state index >= 15 is 0 Å². The summed E-state index contributed by atoms with van der Waals surface area (Å²) in [6, 6.07) is 8.30. The van der Waals surface area contributed by atoms with E-state index < -0.39 is 0 Å². The molecule has 1 aliphatic rings. The van der Waals surface area contributed by atoms with E-state index in [1.807, 2.05) is 17.0 Å². The number of piperazine rings is 1. The maximum absolute atomic E-state index is 11.5. The van der Waals surface area contributed by atoms with Gasteiger partial charge in [0.25, 0.3) is 0 Å². The second-order valence-corrected chi connectivity index (χ2v) is 5.28. The highest BCUT2D eigenvalue weighted by atomic mass is 35.5. The van der Waals surface area contributed by atoms with E-state index in [2.05, 4.69) is 24.0 Å². The summed E-state index contributed by atoms with van der Waals surface area (Å²) in [4.78, 5) is 15.7. The number of nitrogens with zero attached hydrogens (tertiary/aromatic N) is 2. The molecule has 1 unspecified atom stereocenters. The molecule has 1 fully saturated rings. The lowest BCUT2D eigenvalue weighted by Crippen LogP contribution is -2.50. The molecule has 104 valence electrons. The molecule has 19 heavy (non-hydrogen) atoms. The molecule has 0 spiro atoms. The second-order valence-electron chi connectivity index (χ2n) is 4.85. The predicted octanol–water partition coefficient (Wildman–Crippen LogP) is 1.50. The largest absolute Gasteiger partial charge is 0.339 e. The molecule has 0 radical (unpaired) electrons. The van der Waals surface area contributed by atoms with Gasteiger partial charge in [0.05, 0.1) is 6.54 Å². The van der Waals surface area contributed by atoms with Gasteiger partial charge in [0.15, 0.2) is 0 Å². The first-order valence-corrected chi connectivity index (χ1v) is 6.97. The maximum Gasteiger partial charge on any atom is 0.236 e. The fourth-order valence-electron chi connectivity index (χ4n) is 2.44. The van der Waals surface area contributed by atoms with Crippen LogP contribution in [0.5, 0.6) is 0 Å². The molecule has 1 aromatic rings. The van der Waals surface area contributed by atoms with E-state index in [0.29, 0.717) is 6.04 Å². The Morgan fingerprint density at radius 3 is 2.37 bits per heavy atom. The molecular formula is C14H20ClN3O. The van der Waals surface area contributed by atoms with Gasteiger partial charge in [-0.05, 0) is 24.6 Å². The van der Waals surface area contributed by atoms with Crippen LogP contribution in [0.4, 0.5) is 0 Å². The summed E-state index contributed by atoms with van der Waals surface area (Å²) in [5.74, 6) is 0.0406. The van der Waals surface area contributed by atoms with Crippen LogP contribution in [0.25, 0.3) is 0 Å². The van der Waals surface area contributed by atoms with Crippen molar-refractivity contribution in [2.45, 2.75) is 13.0 Å². The third-order valence-electron chi connectivity index (χ3n) is 3.74. The van der Waals surface area contributed by atoms with E-state index in [0.717, 1.165) is 31.2 Å². The third kappa shape index (κ3) is 3.47. The average molecular weight is 282 g/mol. The summed E-state index contributed by atoms with van der Waals surface area (Å²) < 4.78 is 0. The molecular weight excluding hydrogens is 262 g/mol. The van der Waals surface area contributed by atoms with Gasteiger partial charge in [-0.25, -0.2) is 0 Å². The van der Waals surface area contributed by atoms with Crippen molar-refractivity contribution in [3.63, 3.8) is 0 Å². The molecule has 1 heterocycles. The lowest BCUT2D eigenvalue weighted by atomic mass is 10.1. The van der Waals surface area contributed by atoms with Crippen molar-refractivity contribution in [2.75, 3.05) is 32.7 Å². The summed E-state index contributed by atoms with van der Waals surface area (Å²) in [6.45, 7) is 5.57. The number of nitrogens with two attached hydrogens (primary N) is 1. The number of benzene rings is 1. The highest BCUT2D eigenvalue weighted by Crippen LogP contribution is 2.23. The van der Waals surface area contributed by atoms with Crippen molar-refractivity contribution in [3.05, 3.63) is 34.9 Å². The predicted molar refractivity (Wildman–Crippen MR) is 77.1 cm³/mol. The van der Waals surface area contributed by atoms with E-state index in [1.165, 1.54) is 5.56 Å². The Morgan fingerprint density at radius 2 is 1.84 bits per heavy atom. The summed E-state index contributed by atoms with van der Waals surface area (Å²) in [6.07, 6.45) is 0. The van der Waals surface area contributed by atoms with E-state index in [4.69, 9.17) is 17.3 Å². The number of rotatable bonds is 3. The molecule has 1 atom stereocenters. The van der Waals surface area contributed by atoms with Crippen molar-refractivity contribution in [1.82, 2.24) is 9.80 Å². The Bertz CT molecular complexity index is 427. The van der Waals surface area contributed by atoms with E-state index in [9.17, 15) is 4.79 Å². The van der Waals surface area contributed by atoms with Crippen LogP contribution >= 0.6 is 11.6 Å². The van der Waals surface area contributed by atoms with Crippen LogP contribution in [0, 0.1) is 0 Å². The van der Waals surface area contributed by atoms with Gasteiger partial charge in [-0.1, -0.05) is 23.7 Å². The lowest BCUT2D eigenvalue weighted by molar-refractivity contribution is -0.131. The molecule has 1 saturated heterocycles. The number of hydrogen-bond donors (Lipinski definition) is 1. The van der Waals surface area contributed by atoms with Crippen molar-refractivity contribution in [1.29, 1.82) is 0 Å². The van der Waals surface area contributed by atoms with Crippen LogP contribution in [0.1, 0.15) is 18.5 Å². The molecule has 0 bridgehead atoms. The maximum atomic E-state index is 11.5. The van der Waals surface area contributed by atoms with Gasteiger partial charge in [0.2, 0.25) is 5.91 Å². The summed E-state index contributed by atoms with van der Waals surface area (Å²) in [5.41, 5.74) is 6.64. The van der Waals surface area contributed by atoms with Gasteiger partial charge in [0.1, 0.15) is 0 Å². The van der Waals surface area contributed by atoms with Crippen LogP contribution < -0.4 is 5.73 Å². The van der Waals surface area contributed by atoms with Gasteiger partial charge < -0.3 is 10.6 Å². The summed E-state index contributed by atoms with van der Waals surface area (Å²) >= 11 is 5.90. The quantitative estimate of drug-likeness (QED) is 0.914. The molecule has 4 nitrogen and oxygen atoms in total. The summed E-state index contributed by atoms with van der Waals surface area (Å²) in [5, 5.41) is 0.759. The monoisotopic (exact) mass is 281 g/mol. The van der Waals surface area contributed by atoms with Crippen molar-refractivity contribution < 1.29 is 4.79 Å². The lowest BCUT2D eigenvalue weighted by Gasteiger charge is -2.38. The van der Waals surface area contributed by atoms with Gasteiger partial charge in [-0.3, -0.25) is 9.69 Å². The van der Waals surface area contributed by atoms with E-state index in [1.54, 1.807) is 0 Å². The highest BCUT2D eigenvalue weighted by molar-refractivity contribution is 6.30. The van der Waals surface area contributed by atoms with Gasteiger partial charge >= 0.3 is 0 Å². The molecule has 1 aliphatic heterocycles. The first kappa shape index (κ1) is 14.3. The number of halogens is 1. The van der Waals surface area contributed by atoms with Gasteiger partial charge in [-0.2, -0.15) is 0 Å². The summed E-state index contributed by atoms with van der Waals surface area (Å²) in [7, 11) is 0. The molecule has 1 amide bonds. The van der Waals surface area contributed by atoms with E-state index in [-0.39, 0.29) is 12.5 Å². The highest BCUT2D eigenvalue weighted by Gasteiger charge is 2.23. The first-order chi connectivity index (χ1) is 9.11. The Labute approximate surface area is 119 Å². The molecule has 0 aliphatic carbocycles. The Morgan fingerprint density at radius 1 is 1.26 bits per heavy atom. The zero-order valence-corrected chi connectivity index (χ0v) is 11.9. The first-order valence-electron chi connectivity index (χ1n) is 6.59. The normalized spacial score (nSPS) is 18.4. The van der Waals surface area contributed by atoms with Crippen molar-refractivity contribution in [2.24, 2.45) is 5.73 Å². The number of amides is 1.